The van der Waals surface area contributed by atoms with Crippen molar-refractivity contribution in [1.82, 2.24) is 10.2 Å². The van der Waals surface area contributed by atoms with Crippen molar-refractivity contribution in [3.05, 3.63) is 29.8 Å². The number of alkyl halides is 1. The lowest BCUT2D eigenvalue weighted by Crippen LogP contribution is -2.65. The molecule has 2 heterocycles. The number of hydrogen-bond donors (Lipinski definition) is 5. The van der Waals surface area contributed by atoms with Crippen LogP contribution in [0.4, 0.5) is 5.69 Å². The zero-order valence-corrected chi connectivity index (χ0v) is 27.1. The number of rotatable bonds is 14. The number of likely N-dealkylation sites (tertiary alicyclic amines) is 1. The second-order valence-corrected chi connectivity index (χ2v) is 13.1. The number of esters is 1. The maximum atomic E-state index is 13.3. The second-order valence-electron chi connectivity index (χ2n) is 11.5. The molecule has 12 nitrogen and oxygen atoms in total. The Labute approximate surface area is 267 Å². The standard InChI is InChI=1S/C30H44ClN3O9S/c1-5-7-17-14-20(34(3)15-17)28(39)33-23(16(2)31)26-24(37)25(38)27(30(43-26)44-4)42-22(36)9-6-8-21(35)32-19-12-10-18(11-13-19)29(40)41/h10-13,16-17,20,23-27,30,37-38H,5-9,14-15H2,1-4H3,(H,32,35)(H,33,39)(H,40,41). The highest BCUT2D eigenvalue weighted by Crippen LogP contribution is 2.33. The van der Waals surface area contributed by atoms with Crippen LogP contribution in [0.5, 0.6) is 0 Å². The number of aliphatic hydroxyl groups excluding tert-OH is 2. The Balaban J connectivity index is 1.54. The molecule has 2 aliphatic rings. The van der Waals surface area contributed by atoms with Gasteiger partial charge in [0.2, 0.25) is 11.8 Å². The minimum absolute atomic E-state index is 0.000516. The van der Waals surface area contributed by atoms with Gasteiger partial charge in [-0.15, -0.1) is 23.4 Å². The van der Waals surface area contributed by atoms with Crippen molar-refractivity contribution in [2.24, 2.45) is 5.92 Å². The molecule has 9 unspecified atom stereocenters. The van der Waals surface area contributed by atoms with Crippen LogP contribution in [0.3, 0.4) is 0 Å². The Morgan fingerprint density at radius 1 is 1.16 bits per heavy atom. The minimum Gasteiger partial charge on any atom is -0.478 e. The number of carboxylic acids is 1. The number of nitrogens with one attached hydrogen (secondary N) is 2. The van der Waals surface area contributed by atoms with Gasteiger partial charge in [-0.2, -0.15) is 0 Å². The topological polar surface area (TPSA) is 175 Å². The maximum Gasteiger partial charge on any atom is 0.335 e. The predicted molar refractivity (Wildman–Crippen MR) is 167 cm³/mol. The lowest BCUT2D eigenvalue weighted by molar-refractivity contribution is -0.218. The third kappa shape index (κ3) is 9.54. The van der Waals surface area contributed by atoms with E-state index in [9.17, 15) is 29.4 Å². The number of thioether (sulfide) groups is 1. The second kappa shape index (κ2) is 16.8. The Bertz CT molecular complexity index is 1140. The van der Waals surface area contributed by atoms with Crippen LogP contribution >= 0.6 is 23.4 Å². The number of benzene rings is 1. The molecule has 9 atom stereocenters. The number of nitrogens with zero attached hydrogens (tertiary/aromatic N) is 1. The third-order valence-corrected chi connectivity index (χ3v) is 9.19. The molecule has 2 amide bonds. The molecule has 246 valence electrons. The zero-order chi connectivity index (χ0) is 32.6. The van der Waals surface area contributed by atoms with Gasteiger partial charge in [-0.1, -0.05) is 13.3 Å². The Morgan fingerprint density at radius 2 is 1.84 bits per heavy atom. The van der Waals surface area contributed by atoms with E-state index in [4.69, 9.17) is 26.2 Å². The van der Waals surface area contributed by atoms with Crippen molar-refractivity contribution in [2.45, 2.75) is 99.7 Å². The number of anilines is 1. The molecule has 0 aliphatic carbocycles. The van der Waals surface area contributed by atoms with E-state index in [-0.39, 0.29) is 42.7 Å². The van der Waals surface area contributed by atoms with Crippen LogP contribution in [0, 0.1) is 5.92 Å². The van der Waals surface area contributed by atoms with Crippen molar-refractivity contribution in [3.8, 4) is 0 Å². The van der Waals surface area contributed by atoms with Gasteiger partial charge in [-0.05, 0) is 69.7 Å². The summed E-state index contributed by atoms with van der Waals surface area (Å²) in [7, 11) is 1.91. The molecule has 1 aromatic rings. The summed E-state index contributed by atoms with van der Waals surface area (Å²) in [4.78, 5) is 51.1. The van der Waals surface area contributed by atoms with Crippen LogP contribution in [0.15, 0.2) is 24.3 Å². The SMILES string of the molecule is CCCC1CC(C(=O)NC(C(C)Cl)C2OC(SC)C(OC(=O)CCCC(=O)Nc3ccc(C(=O)O)cc3)C(O)C2O)N(C)C1. The van der Waals surface area contributed by atoms with E-state index in [1.54, 1.807) is 13.2 Å². The molecule has 2 saturated heterocycles. The molecular formula is C30H44ClN3O9S. The van der Waals surface area contributed by atoms with Gasteiger partial charge in [-0.25, -0.2) is 4.79 Å². The molecule has 0 bridgehead atoms. The van der Waals surface area contributed by atoms with E-state index in [2.05, 4.69) is 17.6 Å². The number of likely N-dealkylation sites (N-methyl/N-ethyl adjacent to an activating group) is 1. The van der Waals surface area contributed by atoms with E-state index >= 15 is 0 Å². The molecular weight excluding hydrogens is 614 g/mol. The number of hydrogen-bond acceptors (Lipinski definition) is 10. The zero-order valence-electron chi connectivity index (χ0n) is 25.5. The van der Waals surface area contributed by atoms with Crippen LogP contribution in [-0.2, 0) is 23.9 Å². The average molecular weight is 658 g/mol. The average Bonchev–Trinajstić information content (AvgIpc) is 3.34. The molecule has 0 saturated carbocycles. The van der Waals surface area contributed by atoms with Gasteiger partial charge in [0.1, 0.15) is 23.7 Å². The van der Waals surface area contributed by atoms with Crippen LogP contribution in [0.25, 0.3) is 0 Å². The fourth-order valence-corrected chi connectivity index (χ4v) is 6.68. The molecule has 0 aromatic heterocycles. The molecule has 0 spiro atoms. The largest absolute Gasteiger partial charge is 0.478 e. The lowest BCUT2D eigenvalue weighted by Gasteiger charge is -2.45. The quantitative estimate of drug-likeness (QED) is 0.147. The normalized spacial score (nSPS) is 28.6. The van der Waals surface area contributed by atoms with Crippen molar-refractivity contribution < 1.29 is 44.0 Å². The molecule has 14 heteroatoms. The summed E-state index contributed by atoms with van der Waals surface area (Å²) >= 11 is 7.65. The smallest absolute Gasteiger partial charge is 0.335 e. The summed E-state index contributed by atoms with van der Waals surface area (Å²) in [6.45, 7) is 4.61. The summed E-state index contributed by atoms with van der Waals surface area (Å²) in [5.41, 5.74) is -0.333. The number of aromatic carboxylic acids is 1. The first-order valence-electron chi connectivity index (χ1n) is 14.9. The number of ether oxygens (including phenoxy) is 2. The molecule has 5 N–H and O–H groups in total. The first-order chi connectivity index (χ1) is 20.9. The Hall–Kier alpha value is -2.42. The lowest BCUT2D eigenvalue weighted by atomic mass is 9.92. The Kier molecular flexibility index (Phi) is 13.7. The van der Waals surface area contributed by atoms with Crippen LogP contribution in [0.2, 0.25) is 0 Å². The van der Waals surface area contributed by atoms with Crippen LogP contribution < -0.4 is 10.6 Å². The summed E-state index contributed by atoms with van der Waals surface area (Å²) in [6, 6.07) is 4.53. The first kappa shape index (κ1) is 36.1. The number of halogens is 1. The van der Waals surface area contributed by atoms with Crippen molar-refractivity contribution in [1.29, 1.82) is 0 Å². The van der Waals surface area contributed by atoms with Crippen LogP contribution in [-0.4, -0.2) is 111 Å². The fraction of sp³-hybridized carbons (Fsp3) is 0.667. The number of carboxylic acid groups (broad SMARTS) is 1. The van der Waals surface area contributed by atoms with Crippen molar-refractivity contribution in [2.75, 3.05) is 25.2 Å². The third-order valence-electron chi connectivity index (χ3n) is 8.07. The van der Waals surface area contributed by atoms with Gasteiger partial charge in [0, 0.05) is 25.1 Å². The van der Waals surface area contributed by atoms with Gasteiger partial charge >= 0.3 is 11.9 Å². The molecule has 2 fully saturated rings. The van der Waals surface area contributed by atoms with Crippen LogP contribution in [0.1, 0.15) is 62.7 Å². The molecule has 1 aromatic carbocycles. The number of aliphatic hydroxyl groups is 2. The minimum atomic E-state index is -1.51. The van der Waals surface area contributed by atoms with Gasteiger partial charge in [0.25, 0.3) is 0 Å². The molecule has 3 rings (SSSR count). The number of amides is 2. The van der Waals surface area contributed by atoms with Gasteiger partial charge in [0.15, 0.2) is 6.10 Å². The van der Waals surface area contributed by atoms with Gasteiger partial charge in [0.05, 0.1) is 23.0 Å². The highest BCUT2D eigenvalue weighted by molar-refractivity contribution is 7.99. The fourth-order valence-electron chi connectivity index (χ4n) is 5.75. The number of carbonyl (C=O) groups excluding carboxylic acids is 3. The highest BCUT2D eigenvalue weighted by atomic mass is 35.5. The van der Waals surface area contributed by atoms with Crippen molar-refractivity contribution >= 4 is 52.8 Å². The molecule has 44 heavy (non-hydrogen) atoms. The first-order valence-corrected chi connectivity index (χ1v) is 16.6. The van der Waals surface area contributed by atoms with E-state index < -0.39 is 53.2 Å². The predicted octanol–water partition coefficient (Wildman–Crippen LogP) is 2.45. The van der Waals surface area contributed by atoms with Crippen molar-refractivity contribution in [3.63, 3.8) is 0 Å². The summed E-state index contributed by atoms with van der Waals surface area (Å²) < 4.78 is 11.6. The van der Waals surface area contributed by atoms with Gasteiger partial charge in [-0.3, -0.25) is 19.3 Å². The van der Waals surface area contributed by atoms with E-state index in [1.165, 1.54) is 36.0 Å². The highest BCUT2D eigenvalue weighted by Gasteiger charge is 2.50. The van der Waals surface area contributed by atoms with E-state index in [1.807, 2.05) is 11.9 Å². The number of carbonyl (C=O) groups is 4. The molecule has 2 aliphatic heterocycles. The van der Waals surface area contributed by atoms with E-state index in [0.29, 0.717) is 11.6 Å². The van der Waals surface area contributed by atoms with Gasteiger partial charge < -0.3 is 35.4 Å². The molecule has 0 radical (unpaired) electrons. The summed E-state index contributed by atoms with van der Waals surface area (Å²) in [6.07, 6.45) is -0.721. The maximum absolute atomic E-state index is 13.3. The van der Waals surface area contributed by atoms with E-state index in [0.717, 1.165) is 25.8 Å². The summed E-state index contributed by atoms with van der Waals surface area (Å²) in [5.74, 6) is -1.91. The Morgan fingerprint density at radius 3 is 2.43 bits per heavy atom. The summed E-state index contributed by atoms with van der Waals surface area (Å²) in [5, 5.41) is 36.0. The monoisotopic (exact) mass is 657 g/mol.